The maximum Gasteiger partial charge on any atom is 0.251 e. The summed E-state index contributed by atoms with van der Waals surface area (Å²) in [5.74, 6) is -0.762. The van der Waals surface area contributed by atoms with Gasteiger partial charge in [0.05, 0.1) is 0 Å². The largest absolute Gasteiger partial charge is 0.504 e. The minimum atomic E-state index is -0.285. The summed E-state index contributed by atoms with van der Waals surface area (Å²) in [6, 6.07) is 4.09. The van der Waals surface area contributed by atoms with E-state index in [1.807, 2.05) is 13.8 Å². The number of hydrogen-bond acceptors (Lipinski definition) is 3. The van der Waals surface area contributed by atoms with Crippen LogP contribution in [0.1, 0.15) is 30.6 Å². The van der Waals surface area contributed by atoms with E-state index in [1.54, 1.807) is 0 Å². The van der Waals surface area contributed by atoms with Crippen molar-refractivity contribution in [2.75, 3.05) is 0 Å². The van der Waals surface area contributed by atoms with Crippen LogP contribution in [0.15, 0.2) is 18.2 Å². The Balaban J connectivity index is 2.78. The van der Waals surface area contributed by atoms with Crippen molar-refractivity contribution in [2.45, 2.75) is 26.3 Å². The van der Waals surface area contributed by atoms with Gasteiger partial charge in [0, 0.05) is 11.6 Å². The highest BCUT2D eigenvalue weighted by Gasteiger charge is 2.10. The molecule has 0 aliphatic heterocycles. The fourth-order valence-electron chi connectivity index (χ4n) is 1.07. The topological polar surface area (TPSA) is 69.6 Å². The minimum absolute atomic E-state index is 0.0912. The molecule has 0 saturated carbocycles. The number of hydrogen-bond donors (Lipinski definition) is 3. The zero-order chi connectivity index (χ0) is 11.4. The van der Waals surface area contributed by atoms with Crippen LogP contribution in [0.3, 0.4) is 0 Å². The smallest absolute Gasteiger partial charge is 0.251 e. The number of benzene rings is 1. The van der Waals surface area contributed by atoms with E-state index in [0.717, 1.165) is 6.42 Å². The maximum atomic E-state index is 11.6. The van der Waals surface area contributed by atoms with E-state index in [9.17, 15) is 9.90 Å². The van der Waals surface area contributed by atoms with Crippen molar-refractivity contribution in [3.05, 3.63) is 23.8 Å². The Kier molecular flexibility index (Phi) is 3.55. The second kappa shape index (κ2) is 4.68. The van der Waals surface area contributed by atoms with E-state index in [4.69, 9.17) is 5.11 Å². The number of phenolic OH excluding ortho intramolecular Hbond substituents is 2. The number of carbonyl (C=O) groups excluding carboxylic acids is 1. The fourth-order valence-corrected chi connectivity index (χ4v) is 1.07. The van der Waals surface area contributed by atoms with Crippen molar-refractivity contribution in [1.82, 2.24) is 5.32 Å². The van der Waals surface area contributed by atoms with Gasteiger partial charge in [0.15, 0.2) is 11.5 Å². The Hall–Kier alpha value is -1.71. The molecular formula is C11H15NO3. The van der Waals surface area contributed by atoms with Gasteiger partial charge in [0.25, 0.3) is 5.91 Å². The summed E-state index contributed by atoms with van der Waals surface area (Å²) in [4.78, 5) is 11.6. The van der Waals surface area contributed by atoms with Crippen LogP contribution in [-0.4, -0.2) is 22.2 Å². The summed E-state index contributed by atoms with van der Waals surface area (Å²) < 4.78 is 0. The maximum absolute atomic E-state index is 11.6. The number of amides is 1. The van der Waals surface area contributed by atoms with Gasteiger partial charge >= 0.3 is 0 Å². The molecule has 1 aromatic carbocycles. The second-order valence-electron chi connectivity index (χ2n) is 3.49. The van der Waals surface area contributed by atoms with E-state index in [1.165, 1.54) is 18.2 Å². The van der Waals surface area contributed by atoms with Gasteiger partial charge in [-0.3, -0.25) is 4.79 Å². The monoisotopic (exact) mass is 209 g/mol. The first-order valence-electron chi connectivity index (χ1n) is 4.87. The quantitative estimate of drug-likeness (QED) is 0.662. The minimum Gasteiger partial charge on any atom is -0.504 e. The number of aromatic hydroxyl groups is 2. The molecule has 15 heavy (non-hydrogen) atoms. The van der Waals surface area contributed by atoms with E-state index in [2.05, 4.69) is 5.32 Å². The number of nitrogens with one attached hydrogen (secondary N) is 1. The zero-order valence-corrected chi connectivity index (χ0v) is 8.82. The van der Waals surface area contributed by atoms with Crippen LogP contribution < -0.4 is 5.32 Å². The van der Waals surface area contributed by atoms with Crippen molar-refractivity contribution in [3.8, 4) is 11.5 Å². The Morgan fingerprint density at radius 2 is 2.07 bits per heavy atom. The molecule has 0 aromatic heterocycles. The van der Waals surface area contributed by atoms with Gasteiger partial charge in [-0.1, -0.05) is 6.92 Å². The molecule has 82 valence electrons. The predicted octanol–water partition coefficient (Wildman–Crippen LogP) is 1.63. The van der Waals surface area contributed by atoms with Crippen molar-refractivity contribution < 1.29 is 15.0 Å². The van der Waals surface area contributed by atoms with Gasteiger partial charge in [0.2, 0.25) is 0 Å². The van der Waals surface area contributed by atoms with E-state index in [-0.39, 0.29) is 23.4 Å². The van der Waals surface area contributed by atoms with Crippen LogP contribution in [0.4, 0.5) is 0 Å². The molecule has 0 bridgehead atoms. The van der Waals surface area contributed by atoms with Crippen molar-refractivity contribution >= 4 is 5.91 Å². The molecule has 0 saturated heterocycles. The third kappa shape index (κ3) is 2.87. The highest BCUT2D eigenvalue weighted by atomic mass is 16.3. The van der Waals surface area contributed by atoms with E-state index >= 15 is 0 Å². The Morgan fingerprint density at radius 3 is 2.60 bits per heavy atom. The molecule has 1 rings (SSSR count). The van der Waals surface area contributed by atoms with Crippen molar-refractivity contribution in [3.63, 3.8) is 0 Å². The van der Waals surface area contributed by atoms with Crippen LogP contribution in [-0.2, 0) is 0 Å². The standard InChI is InChI=1S/C11H15NO3/c1-3-7(2)12-11(15)8-4-5-9(13)10(14)6-8/h4-7,13-14H,3H2,1-2H3,(H,12,15). The number of rotatable bonds is 3. The Morgan fingerprint density at radius 1 is 1.40 bits per heavy atom. The molecule has 1 amide bonds. The highest BCUT2D eigenvalue weighted by Crippen LogP contribution is 2.24. The molecule has 0 aliphatic carbocycles. The lowest BCUT2D eigenvalue weighted by molar-refractivity contribution is 0.0939. The first-order chi connectivity index (χ1) is 7.04. The predicted molar refractivity (Wildman–Crippen MR) is 57.0 cm³/mol. The Bertz CT molecular complexity index is 363. The van der Waals surface area contributed by atoms with Crippen LogP contribution in [0.5, 0.6) is 11.5 Å². The molecule has 0 radical (unpaired) electrons. The molecule has 3 N–H and O–H groups in total. The molecule has 0 spiro atoms. The molecule has 1 unspecified atom stereocenters. The normalized spacial score (nSPS) is 12.1. The van der Waals surface area contributed by atoms with Gasteiger partial charge in [-0.25, -0.2) is 0 Å². The molecule has 4 nitrogen and oxygen atoms in total. The molecular weight excluding hydrogens is 194 g/mol. The number of carbonyl (C=O) groups is 1. The third-order valence-electron chi connectivity index (χ3n) is 2.23. The lowest BCUT2D eigenvalue weighted by Gasteiger charge is -2.11. The average Bonchev–Trinajstić information content (AvgIpc) is 2.21. The molecule has 0 aliphatic rings. The van der Waals surface area contributed by atoms with E-state index < -0.39 is 0 Å². The molecule has 1 aromatic rings. The summed E-state index contributed by atoms with van der Waals surface area (Å²) in [6.45, 7) is 3.87. The first kappa shape index (κ1) is 11.4. The summed E-state index contributed by atoms with van der Waals surface area (Å²) in [6.07, 6.45) is 0.843. The zero-order valence-electron chi connectivity index (χ0n) is 8.82. The number of phenols is 2. The summed E-state index contributed by atoms with van der Waals surface area (Å²) in [7, 11) is 0. The highest BCUT2D eigenvalue weighted by molar-refractivity contribution is 5.95. The van der Waals surface area contributed by atoms with Gasteiger partial charge < -0.3 is 15.5 Å². The molecule has 0 fully saturated rings. The van der Waals surface area contributed by atoms with Gasteiger partial charge in [0.1, 0.15) is 0 Å². The molecule has 4 heteroatoms. The summed E-state index contributed by atoms with van der Waals surface area (Å²) in [5, 5.41) is 21.0. The first-order valence-corrected chi connectivity index (χ1v) is 4.87. The van der Waals surface area contributed by atoms with Gasteiger partial charge in [-0.2, -0.15) is 0 Å². The fraction of sp³-hybridized carbons (Fsp3) is 0.364. The van der Waals surface area contributed by atoms with Crippen LogP contribution in [0, 0.1) is 0 Å². The third-order valence-corrected chi connectivity index (χ3v) is 2.23. The van der Waals surface area contributed by atoms with Gasteiger partial charge in [-0.15, -0.1) is 0 Å². The van der Waals surface area contributed by atoms with Crippen LogP contribution in [0.2, 0.25) is 0 Å². The Labute approximate surface area is 88.6 Å². The average molecular weight is 209 g/mol. The molecule has 1 atom stereocenters. The van der Waals surface area contributed by atoms with Crippen LogP contribution >= 0.6 is 0 Å². The van der Waals surface area contributed by atoms with Gasteiger partial charge in [-0.05, 0) is 31.5 Å². The summed E-state index contributed by atoms with van der Waals surface area (Å²) in [5.41, 5.74) is 0.339. The lowest BCUT2D eigenvalue weighted by atomic mass is 10.1. The van der Waals surface area contributed by atoms with E-state index in [0.29, 0.717) is 5.56 Å². The van der Waals surface area contributed by atoms with Crippen molar-refractivity contribution in [1.29, 1.82) is 0 Å². The SMILES string of the molecule is CCC(C)NC(=O)c1ccc(O)c(O)c1. The molecule has 0 heterocycles. The second-order valence-corrected chi connectivity index (χ2v) is 3.49. The lowest BCUT2D eigenvalue weighted by Crippen LogP contribution is -2.31. The summed E-state index contributed by atoms with van der Waals surface area (Å²) >= 11 is 0. The van der Waals surface area contributed by atoms with Crippen molar-refractivity contribution in [2.24, 2.45) is 0 Å². The van der Waals surface area contributed by atoms with Crippen LogP contribution in [0.25, 0.3) is 0 Å².